The van der Waals surface area contributed by atoms with Gasteiger partial charge in [-0.25, -0.2) is 0 Å². The summed E-state index contributed by atoms with van der Waals surface area (Å²) in [6.07, 6.45) is 12.0. The quantitative estimate of drug-likeness (QED) is 0.275. The van der Waals surface area contributed by atoms with Crippen LogP contribution in [0, 0.1) is 12.3 Å². The second kappa shape index (κ2) is 14.2. The molecule has 0 amide bonds. The molecule has 2 unspecified atom stereocenters. The summed E-state index contributed by atoms with van der Waals surface area (Å²) in [6.45, 7) is 11.6. The third-order valence-electron chi connectivity index (χ3n) is 6.67. The molecule has 32 heavy (non-hydrogen) atoms. The van der Waals surface area contributed by atoms with E-state index in [2.05, 4.69) is 48.8 Å². The molecule has 0 radical (unpaired) electrons. The molecule has 2 rings (SSSR count). The van der Waals surface area contributed by atoms with Crippen LogP contribution in [0.15, 0.2) is 17.4 Å². The van der Waals surface area contributed by atoms with Gasteiger partial charge in [0.1, 0.15) is 12.7 Å². The van der Waals surface area contributed by atoms with E-state index in [1.165, 1.54) is 30.4 Å². The fraction of sp³-hybridized carbons (Fsp3) is 0.769. The Kier molecular flexibility index (Phi) is 12.0. The lowest BCUT2D eigenvalue weighted by Crippen LogP contribution is -2.38. The fourth-order valence-electron chi connectivity index (χ4n) is 4.73. The number of piperidine rings is 1. The average Bonchev–Trinajstić information content (AvgIpc) is 2.79. The first-order chi connectivity index (χ1) is 15.4. The van der Waals surface area contributed by atoms with E-state index in [1.54, 1.807) is 0 Å². The predicted octanol–water partition coefficient (Wildman–Crippen LogP) is 5.89. The van der Waals surface area contributed by atoms with Crippen LogP contribution in [0.4, 0.5) is 0 Å². The van der Waals surface area contributed by atoms with Crippen LogP contribution < -0.4 is 0 Å². The molecule has 1 aliphatic heterocycles. The summed E-state index contributed by atoms with van der Waals surface area (Å²) in [7, 11) is 0. The lowest BCUT2D eigenvalue weighted by atomic mass is 9.74. The number of aromatic nitrogens is 1. The second-order valence-corrected chi connectivity index (χ2v) is 9.82. The number of nitrogens with zero attached hydrogens (tertiary/aromatic N) is 3. The molecule has 2 heterocycles. The first-order valence-electron chi connectivity index (χ1n) is 12.6. The van der Waals surface area contributed by atoms with Crippen molar-refractivity contribution in [3.05, 3.63) is 29.1 Å². The minimum atomic E-state index is -0.550. The van der Waals surface area contributed by atoms with E-state index in [4.69, 9.17) is 16.4 Å². The minimum Gasteiger partial charge on any atom is -0.392 e. The number of hydrogen-bond acceptors (Lipinski definition) is 5. The molecule has 1 aromatic rings. The van der Waals surface area contributed by atoms with Crippen LogP contribution in [0.2, 0.25) is 0 Å². The average molecular weight is 466 g/mol. The van der Waals surface area contributed by atoms with Crippen molar-refractivity contribution < 1.29 is 9.94 Å². The molecule has 1 saturated heterocycles. The van der Waals surface area contributed by atoms with Crippen molar-refractivity contribution in [2.24, 2.45) is 10.6 Å². The molecule has 0 bridgehead atoms. The van der Waals surface area contributed by atoms with Gasteiger partial charge in [-0.3, -0.25) is 4.98 Å². The molecular formula is C26H44ClN3O2. The highest BCUT2D eigenvalue weighted by Gasteiger charge is 2.35. The van der Waals surface area contributed by atoms with Crippen LogP contribution in [-0.2, 0) is 17.7 Å². The van der Waals surface area contributed by atoms with E-state index in [1.807, 2.05) is 6.20 Å². The van der Waals surface area contributed by atoms with Crippen molar-refractivity contribution in [2.45, 2.75) is 98.0 Å². The van der Waals surface area contributed by atoms with Crippen LogP contribution >= 0.6 is 11.6 Å². The Morgan fingerprint density at radius 1 is 1.22 bits per heavy atom. The zero-order chi connectivity index (χ0) is 23.4. The van der Waals surface area contributed by atoms with Crippen molar-refractivity contribution >= 4 is 16.8 Å². The molecule has 0 aromatic carbocycles. The molecule has 5 nitrogen and oxygen atoms in total. The smallest absolute Gasteiger partial charge is 0.151 e. The highest BCUT2D eigenvalue weighted by atomic mass is 35.5. The van der Waals surface area contributed by atoms with E-state index in [0.717, 1.165) is 63.7 Å². The molecule has 6 heteroatoms. The molecular weight excluding hydrogens is 422 g/mol. The van der Waals surface area contributed by atoms with Gasteiger partial charge < -0.3 is 14.8 Å². The van der Waals surface area contributed by atoms with Gasteiger partial charge in [-0.15, -0.1) is 0 Å². The number of aliphatic hydroxyl groups excluding tert-OH is 1. The van der Waals surface area contributed by atoms with Crippen LogP contribution in [0.5, 0.6) is 0 Å². The Balaban J connectivity index is 2.10. The Morgan fingerprint density at radius 2 is 1.97 bits per heavy atom. The van der Waals surface area contributed by atoms with Crippen LogP contribution in [0.3, 0.4) is 0 Å². The van der Waals surface area contributed by atoms with Crippen LogP contribution in [0.25, 0.3) is 0 Å². The summed E-state index contributed by atoms with van der Waals surface area (Å²) in [5, 5.41) is 15.3. The maximum atomic E-state index is 10.4. The number of halogens is 1. The third-order valence-corrected chi connectivity index (χ3v) is 7.14. The first-order valence-corrected chi connectivity index (χ1v) is 13.0. The van der Waals surface area contributed by atoms with Gasteiger partial charge >= 0.3 is 0 Å². The predicted molar refractivity (Wildman–Crippen MR) is 134 cm³/mol. The molecule has 1 aliphatic rings. The number of oxime groups is 1. The Bertz CT molecular complexity index is 706. The molecule has 0 saturated carbocycles. The van der Waals surface area contributed by atoms with E-state index < -0.39 is 6.10 Å². The van der Waals surface area contributed by atoms with Crippen molar-refractivity contribution in [2.75, 3.05) is 26.2 Å². The fourth-order valence-corrected chi connectivity index (χ4v) is 5.03. The van der Waals surface area contributed by atoms with Gasteiger partial charge in [-0.2, -0.15) is 0 Å². The number of likely N-dealkylation sites (tertiary alicyclic amines) is 1. The van der Waals surface area contributed by atoms with E-state index in [9.17, 15) is 5.11 Å². The third kappa shape index (κ3) is 8.31. The zero-order valence-corrected chi connectivity index (χ0v) is 21.5. The lowest BCUT2D eigenvalue weighted by molar-refractivity contribution is 0.0150. The largest absolute Gasteiger partial charge is 0.392 e. The van der Waals surface area contributed by atoms with Gasteiger partial charge in [0, 0.05) is 23.9 Å². The summed E-state index contributed by atoms with van der Waals surface area (Å²) < 4.78 is 0. The van der Waals surface area contributed by atoms with Gasteiger partial charge in [0.2, 0.25) is 0 Å². The lowest BCUT2D eigenvalue weighted by Gasteiger charge is -2.33. The molecule has 0 spiro atoms. The molecule has 1 N–H and O–H groups in total. The minimum absolute atomic E-state index is 0.175. The molecule has 0 aliphatic carbocycles. The maximum Gasteiger partial charge on any atom is 0.151 e. The topological polar surface area (TPSA) is 58.0 Å². The Labute approximate surface area is 200 Å². The Morgan fingerprint density at radius 3 is 2.59 bits per heavy atom. The van der Waals surface area contributed by atoms with Crippen LogP contribution in [-0.4, -0.2) is 52.5 Å². The number of rotatable bonds is 14. The summed E-state index contributed by atoms with van der Waals surface area (Å²) in [4.78, 5) is 12.5. The maximum absolute atomic E-state index is 10.4. The van der Waals surface area contributed by atoms with Gasteiger partial charge in [0.05, 0.1) is 0 Å². The normalized spacial score (nSPS) is 18.4. The number of aryl methyl sites for hydroxylation is 2. The standard InChI is InChI=1S/C26H44ClN3O2/c1-5-8-13-26(12-6-2,17-22-18-28-23(7-3)16-21(22)4)25(27)29-32-20-24(31)19-30-14-10-9-11-15-30/h16,18,24,31H,5-15,17,19-20H2,1-4H3/b29-25-. The van der Waals surface area contributed by atoms with Gasteiger partial charge in [0.15, 0.2) is 5.17 Å². The van der Waals surface area contributed by atoms with Gasteiger partial charge in [0.25, 0.3) is 0 Å². The zero-order valence-electron chi connectivity index (χ0n) is 20.7. The Hall–Kier alpha value is -1.17. The van der Waals surface area contributed by atoms with E-state index >= 15 is 0 Å². The summed E-state index contributed by atoms with van der Waals surface area (Å²) in [6, 6.07) is 2.18. The van der Waals surface area contributed by atoms with Crippen molar-refractivity contribution in [1.29, 1.82) is 0 Å². The SMILES string of the molecule is CCCCC(CCC)(Cc1cnc(CC)cc1C)/C(Cl)=N/OCC(O)CN1CCCCC1. The van der Waals surface area contributed by atoms with Gasteiger partial charge in [-0.05, 0) is 75.7 Å². The number of unbranched alkanes of at least 4 members (excludes halogenated alkanes) is 1. The van der Waals surface area contributed by atoms with Crippen molar-refractivity contribution in [1.82, 2.24) is 9.88 Å². The van der Waals surface area contributed by atoms with Gasteiger partial charge in [-0.1, -0.05) is 63.2 Å². The highest BCUT2D eigenvalue weighted by molar-refractivity contribution is 6.66. The van der Waals surface area contributed by atoms with E-state index in [0.29, 0.717) is 11.7 Å². The summed E-state index contributed by atoms with van der Waals surface area (Å²) in [5.74, 6) is 0. The molecule has 182 valence electrons. The molecule has 2 atom stereocenters. The summed E-state index contributed by atoms with van der Waals surface area (Å²) >= 11 is 6.87. The number of hydrogen-bond donors (Lipinski definition) is 1. The number of pyridine rings is 1. The monoisotopic (exact) mass is 465 g/mol. The second-order valence-electron chi connectivity index (χ2n) is 9.46. The molecule has 1 fully saturated rings. The number of β-amino-alcohol motifs (C(OH)–C–C–N with tert-alkyl or cyclic N) is 1. The number of aliphatic hydroxyl groups is 1. The van der Waals surface area contributed by atoms with E-state index in [-0.39, 0.29) is 12.0 Å². The first kappa shape index (κ1) is 27.1. The van der Waals surface area contributed by atoms with Crippen molar-refractivity contribution in [3.63, 3.8) is 0 Å². The summed E-state index contributed by atoms with van der Waals surface area (Å²) in [5.41, 5.74) is 3.35. The van der Waals surface area contributed by atoms with Crippen molar-refractivity contribution in [3.8, 4) is 0 Å². The molecule has 1 aromatic heterocycles. The highest BCUT2D eigenvalue weighted by Crippen LogP contribution is 2.38. The van der Waals surface area contributed by atoms with Crippen LogP contribution in [0.1, 0.15) is 89.0 Å².